The number of hydrogen-bond donors (Lipinski definition) is 1. The number of Topliss-reactive ketones (excluding diaryl/α,β-unsaturated/α-hetero) is 1. The highest BCUT2D eigenvalue weighted by Crippen LogP contribution is 2.42. The molecule has 0 aromatic carbocycles. The van der Waals surface area contributed by atoms with Crippen LogP contribution in [0.25, 0.3) is 0 Å². The van der Waals surface area contributed by atoms with Crippen molar-refractivity contribution in [2.45, 2.75) is 64.7 Å². The van der Waals surface area contributed by atoms with Crippen molar-refractivity contribution >= 4 is 34.0 Å². The maximum Gasteiger partial charge on any atom is 0.341 e. The highest BCUT2D eigenvalue weighted by atomic mass is 32.1. The summed E-state index contributed by atoms with van der Waals surface area (Å²) in [5, 5.41) is 3.69. The van der Waals surface area contributed by atoms with Crippen LogP contribution in [-0.4, -0.2) is 24.3 Å². The lowest BCUT2D eigenvalue weighted by Gasteiger charge is -2.36. The lowest BCUT2D eigenvalue weighted by Crippen LogP contribution is -2.40. The van der Waals surface area contributed by atoms with Gasteiger partial charge in [0.2, 0.25) is 5.91 Å². The molecule has 1 aromatic rings. The predicted molar refractivity (Wildman–Crippen MR) is 104 cm³/mol. The average Bonchev–Trinajstić information content (AvgIpc) is 2.99. The zero-order valence-electron chi connectivity index (χ0n) is 15.8. The van der Waals surface area contributed by atoms with Crippen molar-refractivity contribution in [1.82, 2.24) is 0 Å². The fourth-order valence-electron chi connectivity index (χ4n) is 4.98. The Labute approximate surface area is 163 Å². The van der Waals surface area contributed by atoms with Gasteiger partial charge in [-0.05, 0) is 63.9 Å². The summed E-state index contributed by atoms with van der Waals surface area (Å²) >= 11 is 1.53. The summed E-state index contributed by atoms with van der Waals surface area (Å²) < 4.78 is 5.27. The van der Waals surface area contributed by atoms with Gasteiger partial charge >= 0.3 is 5.97 Å². The highest BCUT2D eigenvalue weighted by molar-refractivity contribution is 7.17. The molecule has 6 heteroatoms. The van der Waals surface area contributed by atoms with Crippen LogP contribution in [0, 0.1) is 17.8 Å². The molecule has 0 spiro atoms. The van der Waals surface area contributed by atoms with Crippen LogP contribution in [0.15, 0.2) is 0 Å². The molecule has 27 heavy (non-hydrogen) atoms. The second-order valence-electron chi connectivity index (χ2n) is 8.02. The normalized spacial score (nSPS) is 27.0. The molecule has 1 heterocycles. The lowest BCUT2D eigenvalue weighted by molar-refractivity contribution is -0.136. The van der Waals surface area contributed by atoms with Crippen LogP contribution in [0.5, 0.6) is 0 Å². The molecule has 2 fully saturated rings. The lowest BCUT2D eigenvalue weighted by atomic mass is 9.67. The minimum absolute atomic E-state index is 0.0384. The molecule has 1 unspecified atom stereocenters. The molecule has 2 bridgehead atoms. The summed E-state index contributed by atoms with van der Waals surface area (Å²) in [5.41, 5.74) is 1.63. The van der Waals surface area contributed by atoms with Crippen LogP contribution in [0.4, 0.5) is 5.00 Å². The molecule has 0 radical (unpaired) electrons. The first-order valence-corrected chi connectivity index (χ1v) is 11.1. The van der Waals surface area contributed by atoms with E-state index in [1.54, 1.807) is 6.92 Å². The average molecular weight is 390 g/mol. The molecule has 1 aromatic heterocycles. The van der Waals surface area contributed by atoms with Gasteiger partial charge in [-0.2, -0.15) is 0 Å². The number of nitrogens with one attached hydrogen (secondary N) is 1. The second kappa shape index (κ2) is 7.74. The maximum absolute atomic E-state index is 13.0. The van der Waals surface area contributed by atoms with Crippen LogP contribution in [0.2, 0.25) is 0 Å². The van der Waals surface area contributed by atoms with Crippen LogP contribution in [0.3, 0.4) is 0 Å². The van der Waals surface area contributed by atoms with Crippen molar-refractivity contribution in [3.63, 3.8) is 0 Å². The number of carbonyl (C=O) groups excluding carboxylic acids is 3. The van der Waals surface area contributed by atoms with Crippen LogP contribution >= 0.6 is 11.3 Å². The van der Waals surface area contributed by atoms with Gasteiger partial charge in [0, 0.05) is 22.6 Å². The van der Waals surface area contributed by atoms with E-state index in [4.69, 9.17) is 4.74 Å². The molecule has 3 aliphatic rings. The first kappa shape index (κ1) is 18.7. The summed E-state index contributed by atoms with van der Waals surface area (Å²) in [6, 6.07) is 0. The van der Waals surface area contributed by atoms with Crippen molar-refractivity contribution < 1.29 is 19.1 Å². The topological polar surface area (TPSA) is 72.5 Å². The number of fused-ring (bicyclic) bond motifs is 3. The summed E-state index contributed by atoms with van der Waals surface area (Å²) in [6.45, 7) is 2.12. The summed E-state index contributed by atoms with van der Waals surface area (Å²) in [7, 11) is 0. The van der Waals surface area contributed by atoms with Crippen molar-refractivity contribution in [2.75, 3.05) is 11.9 Å². The first-order valence-electron chi connectivity index (χ1n) is 10.2. The van der Waals surface area contributed by atoms with Gasteiger partial charge in [0.15, 0.2) is 0 Å². The number of ether oxygens (including phenoxy) is 1. The van der Waals surface area contributed by atoms with Crippen molar-refractivity contribution in [2.24, 2.45) is 17.8 Å². The number of anilines is 1. The summed E-state index contributed by atoms with van der Waals surface area (Å²) in [4.78, 5) is 39.0. The highest BCUT2D eigenvalue weighted by Gasteiger charge is 2.41. The first-order chi connectivity index (χ1) is 13.1. The monoisotopic (exact) mass is 389 g/mol. The van der Waals surface area contributed by atoms with Gasteiger partial charge in [-0.25, -0.2) is 4.79 Å². The Kier molecular flexibility index (Phi) is 5.35. The minimum Gasteiger partial charge on any atom is -0.462 e. The quantitative estimate of drug-likeness (QED) is 0.786. The number of amides is 1. The summed E-state index contributed by atoms with van der Waals surface area (Å²) in [5.74, 6) is -0.0358. The molecule has 4 rings (SSSR count). The molecular weight excluding hydrogens is 362 g/mol. The van der Waals surface area contributed by atoms with E-state index in [0.29, 0.717) is 35.8 Å². The number of hydrogen-bond acceptors (Lipinski definition) is 5. The van der Waals surface area contributed by atoms with Gasteiger partial charge in [0.25, 0.3) is 0 Å². The molecule has 3 atom stereocenters. The maximum atomic E-state index is 13.0. The zero-order chi connectivity index (χ0) is 19.0. The molecule has 146 valence electrons. The number of thiophene rings is 1. The molecule has 0 saturated heterocycles. The Hall–Kier alpha value is -1.69. The number of carbonyl (C=O) groups is 3. The van der Waals surface area contributed by atoms with Crippen LogP contribution in [-0.2, 0) is 27.2 Å². The van der Waals surface area contributed by atoms with E-state index in [9.17, 15) is 14.4 Å². The Morgan fingerprint density at radius 3 is 2.52 bits per heavy atom. The molecule has 0 aliphatic heterocycles. The Balaban J connectivity index is 1.55. The molecule has 1 N–H and O–H groups in total. The molecule has 2 saturated carbocycles. The van der Waals surface area contributed by atoms with E-state index < -0.39 is 0 Å². The van der Waals surface area contributed by atoms with Crippen LogP contribution < -0.4 is 5.32 Å². The summed E-state index contributed by atoms with van der Waals surface area (Å²) in [6.07, 6.45) is 8.26. The minimum atomic E-state index is -0.331. The van der Waals surface area contributed by atoms with Crippen LogP contribution in [0.1, 0.15) is 72.7 Å². The largest absolute Gasteiger partial charge is 0.462 e. The Morgan fingerprint density at radius 2 is 1.81 bits per heavy atom. The third kappa shape index (κ3) is 3.56. The van der Waals surface area contributed by atoms with Crippen molar-refractivity contribution in [1.29, 1.82) is 0 Å². The van der Waals surface area contributed by atoms with Gasteiger partial charge in [-0.15, -0.1) is 11.3 Å². The Morgan fingerprint density at radius 1 is 1.11 bits per heavy atom. The molecular formula is C21H27NO4S. The van der Waals surface area contributed by atoms with Gasteiger partial charge < -0.3 is 10.1 Å². The zero-order valence-corrected chi connectivity index (χ0v) is 16.7. The van der Waals surface area contributed by atoms with E-state index in [-0.39, 0.29) is 29.6 Å². The van der Waals surface area contributed by atoms with E-state index >= 15 is 0 Å². The number of aryl methyl sites for hydroxylation is 1. The predicted octanol–water partition coefficient (Wildman–Crippen LogP) is 4.14. The SMILES string of the molecule is CCOC(=O)c1c(NC(=O)C2C[C@H]3CCC[C@@H](C2)C3=O)sc2c1CCCC2. The van der Waals surface area contributed by atoms with E-state index in [1.165, 1.54) is 16.2 Å². The fourth-order valence-corrected chi connectivity index (χ4v) is 6.26. The van der Waals surface area contributed by atoms with Crippen molar-refractivity contribution in [3.05, 3.63) is 16.0 Å². The number of esters is 1. The van der Waals surface area contributed by atoms with Gasteiger partial charge in [-0.3, -0.25) is 9.59 Å². The third-order valence-electron chi connectivity index (χ3n) is 6.31. The Bertz CT molecular complexity index is 752. The van der Waals surface area contributed by atoms with E-state index in [1.807, 2.05) is 0 Å². The van der Waals surface area contributed by atoms with E-state index in [2.05, 4.69) is 5.32 Å². The standard InChI is InChI=1S/C21H27NO4S/c1-2-26-21(25)17-15-8-3-4-9-16(15)27-20(17)22-19(24)14-10-12-6-5-7-13(11-14)18(12)23/h12-14H,2-11H2,1H3,(H,22,24)/t12-,13+,14?. The van der Waals surface area contributed by atoms with Gasteiger partial charge in [-0.1, -0.05) is 6.42 Å². The molecule has 1 amide bonds. The fraction of sp³-hybridized carbons (Fsp3) is 0.667. The molecule has 3 aliphatic carbocycles. The number of ketones is 1. The van der Waals surface area contributed by atoms with Gasteiger partial charge in [0.1, 0.15) is 10.8 Å². The molecule has 5 nitrogen and oxygen atoms in total. The van der Waals surface area contributed by atoms with Gasteiger partial charge in [0.05, 0.1) is 12.2 Å². The number of rotatable bonds is 4. The third-order valence-corrected chi connectivity index (χ3v) is 7.51. The second-order valence-corrected chi connectivity index (χ2v) is 9.13. The smallest absolute Gasteiger partial charge is 0.341 e. The van der Waals surface area contributed by atoms with E-state index in [0.717, 1.165) is 50.5 Å². The van der Waals surface area contributed by atoms with Crippen molar-refractivity contribution in [3.8, 4) is 0 Å².